The van der Waals surface area contributed by atoms with Gasteiger partial charge in [0.05, 0.1) is 46.2 Å². The Hall–Kier alpha value is -3.70. The quantitative estimate of drug-likeness (QED) is 0.414. The van der Waals surface area contributed by atoms with Crippen molar-refractivity contribution in [1.29, 1.82) is 0 Å². The van der Waals surface area contributed by atoms with Gasteiger partial charge in [-0.3, -0.25) is 24.4 Å². The van der Waals surface area contributed by atoms with Crippen LogP contribution in [0, 0.1) is 0 Å². The van der Waals surface area contributed by atoms with Crippen LogP contribution in [0.25, 0.3) is 11.3 Å². The molecule has 1 N–H and O–H groups in total. The van der Waals surface area contributed by atoms with E-state index in [1.54, 1.807) is 24.2 Å². The number of anilines is 1. The Labute approximate surface area is 247 Å². The number of hydrogen-bond acceptors (Lipinski definition) is 7. The number of benzene rings is 2. The molecule has 2 aromatic carbocycles. The minimum atomic E-state index is -1.06. The largest absolute Gasteiger partial charge is 0.482 e. The SMILES string of the molecule is CN(C(=O)CN1C(=O)COc2cc(Cl)c(Cl)cc21)C(CN1CCOCC1)c1ccc(-c2ncccc2C(=O)O)cc1. The molecule has 1 atom stereocenters. The number of carboxylic acids is 1. The molecule has 0 spiro atoms. The van der Waals surface area contributed by atoms with Crippen LogP contribution in [0.15, 0.2) is 54.7 Å². The lowest BCUT2D eigenvalue weighted by Gasteiger charge is -2.37. The van der Waals surface area contributed by atoms with Crippen LogP contribution in [0.5, 0.6) is 5.75 Å². The van der Waals surface area contributed by atoms with Gasteiger partial charge in [0, 0.05) is 44.5 Å². The molecule has 1 fully saturated rings. The zero-order valence-corrected chi connectivity index (χ0v) is 23.8. The van der Waals surface area contributed by atoms with E-state index in [-0.39, 0.29) is 41.6 Å². The van der Waals surface area contributed by atoms with E-state index >= 15 is 0 Å². The molecule has 1 saturated heterocycles. The number of fused-ring (bicyclic) bond motifs is 1. The van der Waals surface area contributed by atoms with Crippen molar-refractivity contribution >= 4 is 46.7 Å². The van der Waals surface area contributed by atoms with E-state index in [9.17, 15) is 19.5 Å². The van der Waals surface area contributed by atoms with Crippen LogP contribution in [0.3, 0.4) is 0 Å². The van der Waals surface area contributed by atoms with Crippen molar-refractivity contribution in [2.75, 3.05) is 57.9 Å². The highest BCUT2D eigenvalue weighted by Gasteiger charge is 2.32. The van der Waals surface area contributed by atoms with Gasteiger partial charge in [-0.1, -0.05) is 47.5 Å². The molecule has 1 unspecified atom stereocenters. The third-order valence-electron chi connectivity index (χ3n) is 7.24. The number of carbonyl (C=O) groups is 3. The average Bonchev–Trinajstić information content (AvgIpc) is 2.98. The van der Waals surface area contributed by atoms with E-state index in [1.165, 1.54) is 23.1 Å². The van der Waals surface area contributed by atoms with Crippen LogP contribution in [-0.4, -0.2) is 90.7 Å². The van der Waals surface area contributed by atoms with Crippen molar-refractivity contribution in [1.82, 2.24) is 14.8 Å². The number of aromatic carboxylic acids is 1. The van der Waals surface area contributed by atoms with Crippen molar-refractivity contribution in [2.24, 2.45) is 0 Å². The van der Waals surface area contributed by atoms with Crippen molar-refractivity contribution < 1.29 is 29.0 Å². The lowest BCUT2D eigenvalue weighted by Crippen LogP contribution is -2.48. The molecule has 0 radical (unpaired) electrons. The number of carboxylic acid groups (broad SMARTS) is 1. The number of hydrogen-bond donors (Lipinski definition) is 1. The Morgan fingerprint density at radius 2 is 1.80 bits per heavy atom. The van der Waals surface area contributed by atoms with Crippen LogP contribution in [0.1, 0.15) is 22.0 Å². The number of carbonyl (C=O) groups excluding carboxylic acids is 2. The number of likely N-dealkylation sites (N-methyl/N-ethyl adjacent to an activating group) is 1. The predicted molar refractivity (Wildman–Crippen MR) is 154 cm³/mol. The van der Waals surface area contributed by atoms with Gasteiger partial charge in [0.1, 0.15) is 12.3 Å². The zero-order chi connectivity index (χ0) is 29.1. The lowest BCUT2D eigenvalue weighted by molar-refractivity contribution is -0.133. The maximum absolute atomic E-state index is 13.7. The van der Waals surface area contributed by atoms with Crippen molar-refractivity contribution in [3.05, 3.63) is 75.9 Å². The molecule has 3 aromatic rings. The number of amides is 2. The molecule has 10 nitrogen and oxygen atoms in total. The van der Waals surface area contributed by atoms with Crippen LogP contribution < -0.4 is 9.64 Å². The zero-order valence-electron chi connectivity index (χ0n) is 22.3. The average molecular weight is 599 g/mol. The first-order valence-corrected chi connectivity index (χ1v) is 13.7. The van der Waals surface area contributed by atoms with E-state index < -0.39 is 5.97 Å². The molecule has 0 bridgehead atoms. The number of aromatic nitrogens is 1. The third-order valence-corrected chi connectivity index (χ3v) is 7.96. The van der Waals surface area contributed by atoms with Gasteiger partial charge in [-0.2, -0.15) is 0 Å². The van der Waals surface area contributed by atoms with Gasteiger partial charge >= 0.3 is 5.97 Å². The lowest BCUT2D eigenvalue weighted by atomic mass is 9.99. The van der Waals surface area contributed by atoms with Crippen molar-refractivity contribution in [3.63, 3.8) is 0 Å². The van der Waals surface area contributed by atoms with Gasteiger partial charge in [-0.25, -0.2) is 4.79 Å². The van der Waals surface area contributed by atoms with Gasteiger partial charge in [-0.15, -0.1) is 0 Å². The van der Waals surface area contributed by atoms with Crippen LogP contribution >= 0.6 is 23.2 Å². The van der Waals surface area contributed by atoms with Crippen LogP contribution in [0.4, 0.5) is 5.69 Å². The molecular formula is C29H28Cl2N4O6. The molecule has 0 saturated carbocycles. The summed E-state index contributed by atoms with van der Waals surface area (Å²) in [7, 11) is 1.71. The monoisotopic (exact) mass is 598 g/mol. The summed E-state index contributed by atoms with van der Waals surface area (Å²) in [5, 5.41) is 10.1. The summed E-state index contributed by atoms with van der Waals surface area (Å²) in [5.41, 5.74) is 2.36. The predicted octanol–water partition coefficient (Wildman–Crippen LogP) is 4.01. The molecular weight excluding hydrogens is 571 g/mol. The van der Waals surface area contributed by atoms with E-state index in [0.29, 0.717) is 47.5 Å². The van der Waals surface area contributed by atoms with Gasteiger partial charge in [0.25, 0.3) is 5.91 Å². The second-order valence-corrected chi connectivity index (χ2v) is 10.6. The molecule has 5 rings (SSSR count). The number of rotatable bonds is 8. The molecule has 1 aromatic heterocycles. The fourth-order valence-electron chi connectivity index (χ4n) is 4.94. The Kier molecular flexibility index (Phi) is 8.74. The highest BCUT2D eigenvalue weighted by Crippen LogP contribution is 2.39. The molecule has 12 heteroatoms. The van der Waals surface area contributed by atoms with Gasteiger partial charge in [0.15, 0.2) is 6.61 Å². The first-order chi connectivity index (χ1) is 19.7. The summed E-state index contributed by atoms with van der Waals surface area (Å²) in [5.74, 6) is -1.32. The van der Waals surface area contributed by atoms with Gasteiger partial charge in [0.2, 0.25) is 5.91 Å². The fourth-order valence-corrected chi connectivity index (χ4v) is 5.25. The summed E-state index contributed by atoms with van der Waals surface area (Å²) in [4.78, 5) is 47.7. The molecule has 2 aliphatic heterocycles. The van der Waals surface area contributed by atoms with E-state index in [0.717, 1.165) is 18.7 Å². The summed E-state index contributed by atoms with van der Waals surface area (Å²) < 4.78 is 11.0. The Balaban J connectivity index is 1.42. The Bertz CT molecular complexity index is 1460. The van der Waals surface area contributed by atoms with Crippen LogP contribution in [-0.2, 0) is 14.3 Å². The standard InChI is InChI=1S/C29H28Cl2N4O6/c1-33(26(36)16-35-23-13-21(30)22(31)14-25(23)41-17-27(35)37)24(15-34-9-11-40-12-10-34)18-4-6-19(7-5-18)28-20(29(38)39)3-2-8-32-28/h2-8,13-14,24H,9-12,15-17H2,1H3,(H,38,39). The van der Waals surface area contributed by atoms with E-state index in [2.05, 4.69) is 9.88 Å². The topological polar surface area (TPSA) is 113 Å². The summed E-state index contributed by atoms with van der Waals surface area (Å²) in [6, 6.07) is 13.2. The van der Waals surface area contributed by atoms with E-state index in [4.69, 9.17) is 32.7 Å². The number of nitrogens with zero attached hydrogens (tertiary/aromatic N) is 4. The molecule has 2 aliphatic rings. The first-order valence-electron chi connectivity index (χ1n) is 13.0. The Morgan fingerprint density at radius 3 is 2.51 bits per heavy atom. The highest BCUT2D eigenvalue weighted by molar-refractivity contribution is 6.42. The number of morpholine rings is 1. The number of halogens is 2. The number of pyridine rings is 1. The van der Waals surface area contributed by atoms with Gasteiger partial charge in [-0.05, 0) is 23.8 Å². The second kappa shape index (κ2) is 12.4. The van der Waals surface area contributed by atoms with Crippen molar-refractivity contribution in [3.8, 4) is 17.0 Å². The van der Waals surface area contributed by atoms with Crippen LogP contribution in [0.2, 0.25) is 10.0 Å². The fraction of sp³-hybridized carbons (Fsp3) is 0.310. The first kappa shape index (κ1) is 28.8. The highest BCUT2D eigenvalue weighted by atomic mass is 35.5. The molecule has 0 aliphatic carbocycles. The maximum Gasteiger partial charge on any atom is 0.337 e. The minimum Gasteiger partial charge on any atom is -0.482 e. The smallest absolute Gasteiger partial charge is 0.337 e. The third kappa shape index (κ3) is 6.31. The molecule has 41 heavy (non-hydrogen) atoms. The van der Waals surface area contributed by atoms with Gasteiger partial charge < -0.3 is 19.5 Å². The minimum absolute atomic E-state index is 0.106. The maximum atomic E-state index is 13.7. The van der Waals surface area contributed by atoms with E-state index in [1.807, 2.05) is 24.3 Å². The molecule has 3 heterocycles. The number of ether oxygens (including phenoxy) is 2. The second-order valence-electron chi connectivity index (χ2n) is 9.76. The van der Waals surface area contributed by atoms with Crippen molar-refractivity contribution in [2.45, 2.75) is 6.04 Å². The Morgan fingerprint density at radius 1 is 1.10 bits per heavy atom. The summed E-state index contributed by atoms with van der Waals surface area (Å²) >= 11 is 12.3. The molecule has 2 amide bonds. The summed E-state index contributed by atoms with van der Waals surface area (Å²) in [6.45, 7) is 2.77. The summed E-state index contributed by atoms with van der Waals surface area (Å²) in [6.07, 6.45) is 1.55. The normalized spacial score (nSPS) is 16.1. The molecule has 214 valence electrons.